The SMILES string of the molecule is CCN(CC)/C(=C(/C#N)C(=O)CCl)c1ccc(F)cc1. The molecule has 0 amide bonds. The van der Waals surface area contributed by atoms with Gasteiger partial charge in [-0.05, 0) is 43.7 Å². The fourth-order valence-electron chi connectivity index (χ4n) is 1.95. The third-order valence-corrected chi connectivity index (χ3v) is 3.19. The van der Waals surface area contributed by atoms with E-state index in [1.165, 1.54) is 12.1 Å². The second-order valence-electron chi connectivity index (χ2n) is 4.07. The molecule has 0 heterocycles. The number of carbonyl (C=O) groups excluding carboxylic acids is 1. The van der Waals surface area contributed by atoms with Gasteiger partial charge in [-0.2, -0.15) is 5.26 Å². The summed E-state index contributed by atoms with van der Waals surface area (Å²) in [4.78, 5) is 13.7. The van der Waals surface area contributed by atoms with Gasteiger partial charge in [-0.3, -0.25) is 4.79 Å². The van der Waals surface area contributed by atoms with E-state index in [2.05, 4.69) is 0 Å². The van der Waals surface area contributed by atoms with Gasteiger partial charge in [-0.25, -0.2) is 4.39 Å². The van der Waals surface area contributed by atoms with Crippen LogP contribution in [0.2, 0.25) is 0 Å². The number of carbonyl (C=O) groups is 1. The number of alkyl halides is 1. The molecule has 0 fully saturated rings. The Bertz CT molecular complexity index is 542. The van der Waals surface area contributed by atoms with Gasteiger partial charge < -0.3 is 4.90 Å². The summed E-state index contributed by atoms with van der Waals surface area (Å²) in [5.41, 5.74) is 1.14. The van der Waals surface area contributed by atoms with Crippen molar-refractivity contribution in [3.05, 3.63) is 41.2 Å². The van der Waals surface area contributed by atoms with Gasteiger partial charge in [0.1, 0.15) is 17.5 Å². The molecule has 0 aliphatic heterocycles. The van der Waals surface area contributed by atoms with E-state index in [0.717, 1.165) is 0 Å². The molecule has 0 bridgehead atoms. The Morgan fingerprint density at radius 2 is 1.85 bits per heavy atom. The zero-order valence-electron chi connectivity index (χ0n) is 11.5. The van der Waals surface area contributed by atoms with Gasteiger partial charge in [-0.15, -0.1) is 11.6 Å². The van der Waals surface area contributed by atoms with Crippen molar-refractivity contribution >= 4 is 23.1 Å². The number of nitrogens with zero attached hydrogens (tertiary/aromatic N) is 2. The maximum atomic E-state index is 13.0. The molecule has 5 heteroatoms. The fourth-order valence-corrected chi connectivity index (χ4v) is 2.08. The van der Waals surface area contributed by atoms with Gasteiger partial charge in [0.25, 0.3) is 0 Å². The van der Waals surface area contributed by atoms with Crippen LogP contribution >= 0.6 is 11.6 Å². The van der Waals surface area contributed by atoms with Gasteiger partial charge in [0.2, 0.25) is 0 Å². The van der Waals surface area contributed by atoms with Crippen LogP contribution < -0.4 is 0 Å². The Balaban J connectivity index is 3.49. The van der Waals surface area contributed by atoms with E-state index >= 15 is 0 Å². The van der Waals surface area contributed by atoms with Gasteiger partial charge in [0.15, 0.2) is 5.78 Å². The Kier molecular flexibility index (Phi) is 6.20. The van der Waals surface area contributed by atoms with Crippen LogP contribution in [-0.4, -0.2) is 29.7 Å². The van der Waals surface area contributed by atoms with E-state index in [4.69, 9.17) is 11.6 Å². The Morgan fingerprint density at radius 1 is 1.30 bits per heavy atom. The summed E-state index contributed by atoms with van der Waals surface area (Å²) in [5, 5.41) is 9.27. The lowest BCUT2D eigenvalue weighted by atomic mass is 10.0. The zero-order valence-corrected chi connectivity index (χ0v) is 12.2. The lowest BCUT2D eigenvalue weighted by Crippen LogP contribution is -2.24. The molecule has 0 aromatic heterocycles. The first-order valence-corrected chi connectivity index (χ1v) is 6.86. The number of hydrogen-bond donors (Lipinski definition) is 0. The molecule has 0 aliphatic carbocycles. The molecule has 1 aromatic carbocycles. The summed E-state index contributed by atoms with van der Waals surface area (Å²) in [6, 6.07) is 7.65. The molecule has 0 N–H and O–H groups in total. The van der Waals surface area contributed by atoms with Crippen molar-refractivity contribution in [3.8, 4) is 6.07 Å². The number of hydrogen-bond acceptors (Lipinski definition) is 3. The minimum absolute atomic E-state index is 0.00954. The number of benzene rings is 1. The second kappa shape index (κ2) is 7.66. The molecule has 0 unspecified atom stereocenters. The molecular weight excluding hydrogens is 279 g/mol. The van der Waals surface area contributed by atoms with Gasteiger partial charge in [0, 0.05) is 13.1 Å². The predicted octanol–water partition coefficient (Wildman–Crippen LogP) is 3.21. The molecule has 106 valence electrons. The Morgan fingerprint density at radius 3 is 2.25 bits per heavy atom. The van der Waals surface area contributed by atoms with Gasteiger partial charge >= 0.3 is 0 Å². The highest BCUT2D eigenvalue weighted by atomic mass is 35.5. The average molecular weight is 295 g/mol. The summed E-state index contributed by atoms with van der Waals surface area (Å²) in [5.74, 6) is -1.05. The first-order valence-electron chi connectivity index (χ1n) is 6.33. The van der Waals surface area contributed by atoms with Crippen molar-refractivity contribution in [2.45, 2.75) is 13.8 Å². The average Bonchev–Trinajstić information content (AvgIpc) is 2.48. The molecule has 0 spiro atoms. The fraction of sp³-hybridized carbons (Fsp3) is 0.333. The van der Waals surface area contributed by atoms with Crippen molar-refractivity contribution < 1.29 is 9.18 Å². The van der Waals surface area contributed by atoms with Crippen LogP contribution in [0.15, 0.2) is 29.8 Å². The molecule has 0 radical (unpaired) electrons. The predicted molar refractivity (Wildman–Crippen MR) is 77.6 cm³/mol. The van der Waals surface area contributed by atoms with E-state index < -0.39 is 5.78 Å². The molecule has 20 heavy (non-hydrogen) atoms. The molecule has 1 aromatic rings. The lowest BCUT2D eigenvalue weighted by molar-refractivity contribution is -0.113. The van der Waals surface area contributed by atoms with Crippen molar-refractivity contribution in [1.29, 1.82) is 5.26 Å². The number of ketones is 1. The monoisotopic (exact) mass is 294 g/mol. The quantitative estimate of drug-likeness (QED) is 0.460. The molecular formula is C15H16ClFN2O. The minimum atomic E-state index is -0.430. The van der Waals surface area contributed by atoms with Crippen molar-refractivity contribution in [1.82, 2.24) is 4.90 Å². The third kappa shape index (κ3) is 3.58. The van der Waals surface area contributed by atoms with Crippen LogP contribution in [0.1, 0.15) is 19.4 Å². The highest BCUT2D eigenvalue weighted by molar-refractivity contribution is 6.32. The summed E-state index contributed by atoms with van der Waals surface area (Å²) >= 11 is 5.56. The highest BCUT2D eigenvalue weighted by Gasteiger charge is 2.20. The molecule has 0 atom stereocenters. The third-order valence-electron chi connectivity index (χ3n) is 2.95. The summed E-state index contributed by atoms with van der Waals surface area (Å²) < 4.78 is 13.0. The molecule has 0 saturated carbocycles. The Labute approximate surface area is 123 Å². The highest BCUT2D eigenvalue weighted by Crippen LogP contribution is 2.24. The number of nitriles is 1. The topological polar surface area (TPSA) is 44.1 Å². The second-order valence-corrected chi connectivity index (χ2v) is 4.34. The van der Waals surface area contributed by atoms with Crippen molar-refractivity contribution in [2.24, 2.45) is 0 Å². The molecule has 3 nitrogen and oxygen atoms in total. The zero-order chi connectivity index (χ0) is 15.1. The van der Waals surface area contributed by atoms with Crippen LogP contribution in [0.25, 0.3) is 5.70 Å². The van der Waals surface area contributed by atoms with Crippen molar-refractivity contribution in [2.75, 3.05) is 19.0 Å². The molecule has 0 saturated heterocycles. The normalized spacial score (nSPS) is 11.6. The van der Waals surface area contributed by atoms with Crippen LogP contribution in [0.4, 0.5) is 4.39 Å². The van der Waals surface area contributed by atoms with E-state index in [-0.39, 0.29) is 17.3 Å². The number of allylic oxidation sites excluding steroid dienone is 1. The summed E-state index contributed by atoms with van der Waals surface area (Å²) in [6.07, 6.45) is 0. The van der Waals surface area contributed by atoms with Crippen molar-refractivity contribution in [3.63, 3.8) is 0 Å². The van der Waals surface area contributed by atoms with Crippen LogP contribution in [0.3, 0.4) is 0 Å². The largest absolute Gasteiger partial charge is 0.370 e. The van der Waals surface area contributed by atoms with E-state index in [0.29, 0.717) is 24.4 Å². The number of rotatable bonds is 6. The first-order chi connectivity index (χ1) is 9.58. The standard InChI is InChI=1S/C15H16ClFN2O/c1-3-19(4-2)15(13(10-18)14(20)9-16)11-5-7-12(17)8-6-11/h5-8H,3-4,9H2,1-2H3/b15-13-. The molecule has 0 aliphatic rings. The maximum Gasteiger partial charge on any atom is 0.190 e. The smallest absolute Gasteiger partial charge is 0.190 e. The van der Waals surface area contributed by atoms with Crippen LogP contribution in [0.5, 0.6) is 0 Å². The van der Waals surface area contributed by atoms with Crippen LogP contribution in [-0.2, 0) is 4.79 Å². The Hall–Kier alpha value is -1.86. The first kappa shape index (κ1) is 16.2. The minimum Gasteiger partial charge on any atom is -0.370 e. The van der Waals surface area contributed by atoms with Gasteiger partial charge in [-0.1, -0.05) is 0 Å². The maximum absolute atomic E-state index is 13.0. The van der Waals surface area contributed by atoms with E-state index in [1.54, 1.807) is 12.1 Å². The summed E-state index contributed by atoms with van der Waals surface area (Å²) in [6.45, 7) is 5.11. The van der Waals surface area contributed by atoms with E-state index in [9.17, 15) is 14.4 Å². The van der Waals surface area contributed by atoms with Crippen LogP contribution in [0, 0.1) is 17.1 Å². The summed E-state index contributed by atoms with van der Waals surface area (Å²) in [7, 11) is 0. The lowest BCUT2D eigenvalue weighted by Gasteiger charge is -2.25. The molecule has 1 rings (SSSR count). The van der Waals surface area contributed by atoms with E-state index in [1.807, 2.05) is 24.8 Å². The number of halogens is 2. The number of Topliss-reactive ketones (excluding diaryl/α,β-unsaturated/α-hetero) is 1. The van der Waals surface area contributed by atoms with Gasteiger partial charge in [0.05, 0.1) is 11.6 Å².